The third-order valence-corrected chi connectivity index (χ3v) is 3.32. The van der Waals surface area contributed by atoms with Crippen LogP contribution in [0, 0.1) is 0 Å². The lowest BCUT2D eigenvalue weighted by Crippen LogP contribution is -2.49. The standard InChI is InChI=1S/C14H22N4O2/c15-4-10-20-12-14(19)18-8-6-17(7-9-18)11-13-3-1-2-5-16-13/h1-3,5H,4,6-12,15H2. The van der Waals surface area contributed by atoms with E-state index in [-0.39, 0.29) is 12.5 Å². The van der Waals surface area contributed by atoms with Gasteiger partial charge in [-0.3, -0.25) is 14.7 Å². The minimum Gasteiger partial charge on any atom is -0.370 e. The predicted octanol–water partition coefficient (Wildman–Crippen LogP) is -0.299. The molecule has 1 aliphatic rings. The Kier molecular flexibility index (Phi) is 5.91. The molecule has 6 heteroatoms. The Bertz CT molecular complexity index is 405. The smallest absolute Gasteiger partial charge is 0.248 e. The molecule has 0 bridgehead atoms. The summed E-state index contributed by atoms with van der Waals surface area (Å²) in [5, 5.41) is 0. The van der Waals surface area contributed by atoms with Crippen LogP contribution in [0.1, 0.15) is 5.69 Å². The average molecular weight is 278 g/mol. The second kappa shape index (κ2) is 7.94. The van der Waals surface area contributed by atoms with Crippen molar-refractivity contribution in [3.8, 4) is 0 Å². The van der Waals surface area contributed by atoms with Gasteiger partial charge in [-0.2, -0.15) is 0 Å². The lowest BCUT2D eigenvalue weighted by Gasteiger charge is -2.34. The molecule has 2 N–H and O–H groups in total. The molecule has 1 aromatic rings. The molecule has 0 saturated carbocycles. The lowest BCUT2D eigenvalue weighted by molar-refractivity contribution is -0.137. The molecule has 1 amide bonds. The van der Waals surface area contributed by atoms with Crippen LogP contribution in [0.4, 0.5) is 0 Å². The Labute approximate surface area is 119 Å². The van der Waals surface area contributed by atoms with Crippen molar-refractivity contribution in [1.29, 1.82) is 0 Å². The molecule has 0 unspecified atom stereocenters. The normalized spacial score (nSPS) is 16.4. The maximum atomic E-state index is 11.9. The Morgan fingerprint density at radius 2 is 2.10 bits per heavy atom. The summed E-state index contributed by atoms with van der Waals surface area (Å²) in [5.41, 5.74) is 6.39. The number of nitrogens with zero attached hydrogens (tertiary/aromatic N) is 3. The summed E-state index contributed by atoms with van der Waals surface area (Å²) in [6.07, 6.45) is 1.81. The molecular formula is C14H22N4O2. The highest BCUT2D eigenvalue weighted by Gasteiger charge is 2.21. The van der Waals surface area contributed by atoms with E-state index in [0.29, 0.717) is 13.2 Å². The van der Waals surface area contributed by atoms with Gasteiger partial charge in [0.05, 0.1) is 12.3 Å². The molecule has 0 aromatic carbocycles. The molecule has 1 fully saturated rings. The Morgan fingerprint density at radius 3 is 2.75 bits per heavy atom. The van der Waals surface area contributed by atoms with Crippen LogP contribution in [0.3, 0.4) is 0 Å². The number of ether oxygens (including phenoxy) is 1. The van der Waals surface area contributed by atoms with Crippen LogP contribution in [0.25, 0.3) is 0 Å². The Balaban J connectivity index is 1.71. The molecule has 0 spiro atoms. The van der Waals surface area contributed by atoms with Crippen molar-refractivity contribution >= 4 is 5.91 Å². The lowest BCUT2D eigenvalue weighted by atomic mass is 10.2. The first kappa shape index (κ1) is 14.9. The topological polar surface area (TPSA) is 71.7 Å². The quantitative estimate of drug-likeness (QED) is 0.724. The number of aromatic nitrogens is 1. The number of hydrogen-bond donors (Lipinski definition) is 1. The fraction of sp³-hybridized carbons (Fsp3) is 0.571. The van der Waals surface area contributed by atoms with Crippen molar-refractivity contribution < 1.29 is 9.53 Å². The summed E-state index contributed by atoms with van der Waals surface area (Å²) >= 11 is 0. The summed E-state index contributed by atoms with van der Waals surface area (Å²) in [4.78, 5) is 20.4. The molecule has 1 aliphatic heterocycles. The molecule has 0 radical (unpaired) electrons. The zero-order valence-corrected chi connectivity index (χ0v) is 11.7. The van der Waals surface area contributed by atoms with Gasteiger partial charge in [0.2, 0.25) is 5.91 Å². The Morgan fingerprint density at radius 1 is 1.30 bits per heavy atom. The van der Waals surface area contributed by atoms with E-state index in [1.165, 1.54) is 0 Å². The molecule has 2 rings (SSSR count). The first-order chi connectivity index (χ1) is 9.79. The minimum atomic E-state index is 0.0518. The zero-order valence-electron chi connectivity index (χ0n) is 11.7. The molecule has 0 aliphatic carbocycles. The maximum Gasteiger partial charge on any atom is 0.248 e. The number of rotatable bonds is 6. The van der Waals surface area contributed by atoms with Gasteiger partial charge in [-0.1, -0.05) is 6.07 Å². The number of piperazine rings is 1. The number of nitrogens with two attached hydrogens (primary N) is 1. The van der Waals surface area contributed by atoms with Crippen LogP contribution in [-0.2, 0) is 16.1 Å². The fourth-order valence-electron chi connectivity index (χ4n) is 2.21. The predicted molar refractivity (Wildman–Crippen MR) is 76.0 cm³/mol. The van der Waals surface area contributed by atoms with Crippen molar-refractivity contribution in [3.05, 3.63) is 30.1 Å². The summed E-state index contributed by atoms with van der Waals surface area (Å²) in [5.74, 6) is 0.0518. The average Bonchev–Trinajstić information content (AvgIpc) is 2.49. The van der Waals surface area contributed by atoms with E-state index in [1.807, 2.05) is 29.3 Å². The van der Waals surface area contributed by atoms with Gasteiger partial charge in [0.25, 0.3) is 0 Å². The first-order valence-electron chi connectivity index (χ1n) is 6.97. The van der Waals surface area contributed by atoms with Gasteiger partial charge in [-0.15, -0.1) is 0 Å². The van der Waals surface area contributed by atoms with Crippen LogP contribution >= 0.6 is 0 Å². The summed E-state index contributed by atoms with van der Waals surface area (Å²) in [6, 6.07) is 5.94. The van der Waals surface area contributed by atoms with E-state index in [4.69, 9.17) is 10.5 Å². The van der Waals surface area contributed by atoms with Gasteiger partial charge < -0.3 is 15.4 Å². The van der Waals surface area contributed by atoms with E-state index in [1.54, 1.807) is 0 Å². The number of carbonyl (C=O) groups is 1. The minimum absolute atomic E-state index is 0.0518. The monoisotopic (exact) mass is 278 g/mol. The van der Waals surface area contributed by atoms with Gasteiger partial charge in [-0.05, 0) is 12.1 Å². The first-order valence-corrected chi connectivity index (χ1v) is 6.97. The highest BCUT2D eigenvalue weighted by atomic mass is 16.5. The number of hydrogen-bond acceptors (Lipinski definition) is 5. The van der Waals surface area contributed by atoms with E-state index >= 15 is 0 Å². The summed E-state index contributed by atoms with van der Waals surface area (Å²) in [6.45, 7) is 5.11. The van der Waals surface area contributed by atoms with Crippen molar-refractivity contribution in [2.24, 2.45) is 5.73 Å². The van der Waals surface area contributed by atoms with Gasteiger partial charge in [-0.25, -0.2) is 0 Å². The second-order valence-electron chi connectivity index (χ2n) is 4.82. The van der Waals surface area contributed by atoms with Gasteiger partial charge in [0.15, 0.2) is 0 Å². The van der Waals surface area contributed by atoms with Crippen LogP contribution in [-0.4, -0.2) is 66.6 Å². The Hall–Kier alpha value is -1.50. The number of carbonyl (C=O) groups excluding carboxylic acids is 1. The van der Waals surface area contributed by atoms with Gasteiger partial charge in [0, 0.05) is 45.5 Å². The van der Waals surface area contributed by atoms with E-state index < -0.39 is 0 Å². The van der Waals surface area contributed by atoms with Crippen molar-refractivity contribution in [2.75, 3.05) is 45.9 Å². The third kappa shape index (κ3) is 4.56. The van der Waals surface area contributed by atoms with Crippen molar-refractivity contribution in [3.63, 3.8) is 0 Å². The molecule has 1 aromatic heterocycles. The molecule has 2 heterocycles. The molecule has 6 nitrogen and oxygen atoms in total. The van der Waals surface area contributed by atoms with Gasteiger partial charge in [0.1, 0.15) is 6.61 Å². The van der Waals surface area contributed by atoms with E-state index in [2.05, 4.69) is 9.88 Å². The molecule has 1 saturated heterocycles. The largest absolute Gasteiger partial charge is 0.370 e. The molecule has 110 valence electrons. The SMILES string of the molecule is NCCOCC(=O)N1CCN(Cc2ccccn2)CC1. The van der Waals surface area contributed by atoms with Crippen LogP contribution in [0.5, 0.6) is 0 Å². The molecule has 0 atom stereocenters. The van der Waals surface area contributed by atoms with Crippen LogP contribution in [0.15, 0.2) is 24.4 Å². The molecular weight excluding hydrogens is 256 g/mol. The summed E-state index contributed by atoms with van der Waals surface area (Å²) < 4.78 is 5.18. The van der Waals surface area contributed by atoms with Crippen molar-refractivity contribution in [2.45, 2.75) is 6.54 Å². The van der Waals surface area contributed by atoms with E-state index in [0.717, 1.165) is 38.4 Å². The maximum absolute atomic E-state index is 11.9. The van der Waals surface area contributed by atoms with E-state index in [9.17, 15) is 4.79 Å². The second-order valence-corrected chi connectivity index (χ2v) is 4.82. The third-order valence-electron chi connectivity index (χ3n) is 3.32. The van der Waals surface area contributed by atoms with Crippen LogP contribution in [0.2, 0.25) is 0 Å². The van der Waals surface area contributed by atoms with Crippen molar-refractivity contribution in [1.82, 2.24) is 14.8 Å². The number of pyridine rings is 1. The van der Waals surface area contributed by atoms with Crippen LogP contribution < -0.4 is 5.73 Å². The highest BCUT2D eigenvalue weighted by Crippen LogP contribution is 2.06. The fourth-order valence-corrected chi connectivity index (χ4v) is 2.21. The zero-order chi connectivity index (χ0) is 14.2. The summed E-state index contributed by atoms with van der Waals surface area (Å²) in [7, 11) is 0. The van der Waals surface area contributed by atoms with Gasteiger partial charge >= 0.3 is 0 Å². The molecule has 20 heavy (non-hydrogen) atoms. The highest BCUT2D eigenvalue weighted by molar-refractivity contribution is 5.77. The number of amides is 1.